The predicted octanol–water partition coefficient (Wildman–Crippen LogP) is 0.462. The molecule has 0 atom stereocenters. The number of hydrogen-bond acceptors (Lipinski definition) is 3. The molecule has 70 valence electrons. The van der Waals surface area contributed by atoms with E-state index in [0.717, 1.165) is 0 Å². The van der Waals surface area contributed by atoms with E-state index in [1.807, 2.05) is 0 Å². The highest BCUT2D eigenvalue weighted by atomic mass is 16.2. The lowest BCUT2D eigenvalue weighted by Gasteiger charge is -2.00. The summed E-state index contributed by atoms with van der Waals surface area (Å²) < 4.78 is 0. The summed E-state index contributed by atoms with van der Waals surface area (Å²) in [5.41, 5.74) is 0.257. The Morgan fingerprint density at radius 2 is 2.15 bits per heavy atom. The Hall–Kier alpha value is -1.71. The maximum Gasteiger partial charge on any atom is 0.270 e. The molecule has 0 unspecified atom stereocenters. The van der Waals surface area contributed by atoms with Gasteiger partial charge in [-0.2, -0.15) is 0 Å². The maximum absolute atomic E-state index is 11.2. The molecule has 0 bridgehead atoms. The summed E-state index contributed by atoms with van der Waals surface area (Å²) in [6, 6.07) is 0. The van der Waals surface area contributed by atoms with Gasteiger partial charge in [0.2, 0.25) is 0 Å². The van der Waals surface area contributed by atoms with Crippen LogP contribution in [0.4, 0.5) is 0 Å². The molecule has 0 fully saturated rings. The van der Waals surface area contributed by atoms with Gasteiger partial charge in [-0.3, -0.25) is 14.6 Å². The van der Waals surface area contributed by atoms with Crippen molar-refractivity contribution in [3.63, 3.8) is 0 Å². The zero-order chi connectivity index (χ0) is 10.3. The second-order valence-corrected chi connectivity index (χ2v) is 2.09. The number of carbonyl (C=O) groups excluding carboxylic acids is 2. The van der Waals surface area contributed by atoms with Crippen LogP contribution in [0.5, 0.6) is 0 Å². The van der Waals surface area contributed by atoms with Crippen LogP contribution in [-0.4, -0.2) is 25.5 Å². The lowest BCUT2D eigenvalue weighted by Crippen LogP contribution is -2.20. The van der Waals surface area contributed by atoms with Crippen LogP contribution in [0.1, 0.15) is 6.92 Å². The smallest absolute Gasteiger partial charge is 0.270 e. The number of allylic oxidation sites excluding steroid dienone is 2. The van der Waals surface area contributed by atoms with Crippen LogP contribution in [0.3, 0.4) is 0 Å². The van der Waals surface area contributed by atoms with Crippen LogP contribution in [0.2, 0.25) is 0 Å². The zero-order valence-electron chi connectivity index (χ0n) is 7.70. The highest BCUT2D eigenvalue weighted by Gasteiger charge is 2.09. The Morgan fingerprint density at radius 1 is 1.54 bits per heavy atom. The van der Waals surface area contributed by atoms with Crippen molar-refractivity contribution in [3.8, 4) is 0 Å². The highest BCUT2D eigenvalue weighted by Crippen LogP contribution is 2.04. The Labute approximate surface area is 77.0 Å². The number of amides is 1. The van der Waals surface area contributed by atoms with E-state index in [1.54, 1.807) is 6.92 Å². The molecule has 0 radical (unpaired) electrons. The molecule has 0 aliphatic rings. The Bertz CT molecular complexity index is 267. The van der Waals surface area contributed by atoms with Gasteiger partial charge >= 0.3 is 0 Å². The van der Waals surface area contributed by atoms with Crippen molar-refractivity contribution < 1.29 is 9.59 Å². The van der Waals surface area contributed by atoms with Crippen molar-refractivity contribution in [1.29, 1.82) is 0 Å². The van der Waals surface area contributed by atoms with E-state index < -0.39 is 5.91 Å². The first-order valence-electron chi connectivity index (χ1n) is 3.73. The fourth-order valence-corrected chi connectivity index (χ4v) is 0.712. The summed E-state index contributed by atoms with van der Waals surface area (Å²) in [7, 11) is 1.47. The van der Waals surface area contributed by atoms with E-state index >= 15 is 0 Å². The molecule has 0 aliphatic carbocycles. The molecule has 0 saturated heterocycles. The minimum Gasteiger partial charge on any atom is -0.354 e. The molecule has 0 rings (SSSR count). The minimum atomic E-state index is -0.403. The summed E-state index contributed by atoms with van der Waals surface area (Å²) in [4.78, 5) is 25.4. The van der Waals surface area contributed by atoms with Gasteiger partial charge in [-0.1, -0.05) is 12.7 Å². The topological polar surface area (TPSA) is 58.5 Å². The number of aldehydes is 1. The second-order valence-electron chi connectivity index (χ2n) is 2.09. The van der Waals surface area contributed by atoms with Crippen LogP contribution >= 0.6 is 0 Å². The van der Waals surface area contributed by atoms with Gasteiger partial charge in [0.15, 0.2) is 6.29 Å². The maximum atomic E-state index is 11.2. The molecule has 1 N–H and O–H groups in total. The van der Waals surface area contributed by atoms with Gasteiger partial charge in [0, 0.05) is 18.8 Å². The molecule has 4 nitrogen and oxygen atoms in total. The van der Waals surface area contributed by atoms with E-state index in [2.05, 4.69) is 16.9 Å². The van der Waals surface area contributed by atoms with Crippen LogP contribution in [-0.2, 0) is 9.59 Å². The normalized spacial score (nSPS) is 12.2. The molecule has 13 heavy (non-hydrogen) atoms. The average molecular weight is 180 g/mol. The number of hydrogen-bond donors (Lipinski definition) is 1. The van der Waals surface area contributed by atoms with E-state index in [4.69, 9.17) is 0 Å². The molecule has 0 heterocycles. The largest absolute Gasteiger partial charge is 0.354 e. The number of aliphatic imine (C=N–C) groups is 1. The predicted molar refractivity (Wildman–Crippen MR) is 51.5 cm³/mol. The zero-order valence-corrected chi connectivity index (χ0v) is 7.70. The summed E-state index contributed by atoms with van der Waals surface area (Å²) in [6.07, 6.45) is 3.28. The lowest BCUT2D eigenvalue weighted by atomic mass is 10.2. The Morgan fingerprint density at radius 3 is 2.46 bits per heavy atom. The minimum absolute atomic E-state index is 0.0787. The summed E-state index contributed by atoms with van der Waals surface area (Å²) in [5, 5.41) is 2.38. The van der Waals surface area contributed by atoms with Gasteiger partial charge in [0.05, 0.1) is 0 Å². The third-order valence-electron chi connectivity index (χ3n) is 1.32. The van der Waals surface area contributed by atoms with E-state index in [9.17, 15) is 9.59 Å². The number of nitrogens with one attached hydrogen (secondary N) is 1. The number of rotatable bonds is 4. The van der Waals surface area contributed by atoms with Crippen molar-refractivity contribution in [1.82, 2.24) is 5.32 Å². The van der Waals surface area contributed by atoms with Gasteiger partial charge in [0.25, 0.3) is 5.91 Å². The molecule has 0 spiro atoms. The molecule has 4 heteroatoms. The molecule has 0 aliphatic heterocycles. The SMILES string of the molecule is C=C/C(C=O)=C(\N=C/C)C(=O)NC. The Kier molecular flexibility index (Phi) is 5.11. The molecule has 0 aromatic rings. The van der Waals surface area contributed by atoms with E-state index in [-0.39, 0.29) is 11.3 Å². The van der Waals surface area contributed by atoms with Crippen LogP contribution in [0.15, 0.2) is 28.9 Å². The first-order chi connectivity index (χ1) is 6.21. The van der Waals surface area contributed by atoms with E-state index in [0.29, 0.717) is 6.29 Å². The molecular formula is C9H12N2O2. The van der Waals surface area contributed by atoms with Crippen LogP contribution in [0.25, 0.3) is 0 Å². The van der Waals surface area contributed by atoms with Gasteiger partial charge in [-0.05, 0) is 6.92 Å². The van der Waals surface area contributed by atoms with Crippen molar-refractivity contribution in [3.05, 3.63) is 23.9 Å². The van der Waals surface area contributed by atoms with Gasteiger partial charge < -0.3 is 5.32 Å². The lowest BCUT2D eigenvalue weighted by molar-refractivity contribution is -0.117. The number of carbonyl (C=O) groups is 2. The fourth-order valence-electron chi connectivity index (χ4n) is 0.712. The third-order valence-corrected chi connectivity index (χ3v) is 1.32. The summed E-state index contributed by atoms with van der Waals surface area (Å²) in [5.74, 6) is -0.403. The first-order valence-corrected chi connectivity index (χ1v) is 3.73. The molecular weight excluding hydrogens is 168 g/mol. The van der Waals surface area contributed by atoms with Crippen LogP contribution < -0.4 is 5.32 Å². The number of nitrogens with zero attached hydrogens (tertiary/aromatic N) is 1. The van der Waals surface area contributed by atoms with Crippen LogP contribution in [0, 0.1) is 0 Å². The van der Waals surface area contributed by atoms with E-state index in [1.165, 1.54) is 19.3 Å². The monoisotopic (exact) mass is 180 g/mol. The van der Waals surface area contributed by atoms with Gasteiger partial charge in [-0.25, -0.2) is 0 Å². The van der Waals surface area contributed by atoms with Crippen molar-refractivity contribution >= 4 is 18.4 Å². The molecule has 0 aromatic heterocycles. The number of likely N-dealkylation sites (N-methyl/N-ethyl adjacent to an activating group) is 1. The van der Waals surface area contributed by atoms with Crippen molar-refractivity contribution in [2.75, 3.05) is 7.05 Å². The quantitative estimate of drug-likeness (QED) is 0.296. The molecule has 0 aromatic carbocycles. The summed E-state index contributed by atoms with van der Waals surface area (Å²) in [6.45, 7) is 5.07. The van der Waals surface area contributed by atoms with Gasteiger partial charge in [0.1, 0.15) is 5.70 Å². The highest BCUT2D eigenvalue weighted by molar-refractivity contribution is 6.00. The first kappa shape index (κ1) is 11.3. The van der Waals surface area contributed by atoms with Crippen molar-refractivity contribution in [2.45, 2.75) is 6.92 Å². The molecule has 1 amide bonds. The second kappa shape index (κ2) is 5.88. The standard InChI is InChI=1S/C9H12N2O2/c1-4-7(6-12)8(11-5-2)9(13)10-3/h4-6H,1H2,2-3H3,(H,10,13)/b8-7+,11-5-. The molecule has 0 saturated carbocycles. The third kappa shape index (κ3) is 3.02. The Balaban J connectivity index is 5.19. The average Bonchev–Trinajstić information content (AvgIpc) is 2.17. The van der Waals surface area contributed by atoms with Crippen molar-refractivity contribution in [2.24, 2.45) is 4.99 Å². The van der Waals surface area contributed by atoms with Gasteiger partial charge in [-0.15, -0.1) is 0 Å². The fraction of sp³-hybridized carbons (Fsp3) is 0.222. The summed E-state index contributed by atoms with van der Waals surface area (Å²) >= 11 is 0.